The van der Waals surface area contributed by atoms with Gasteiger partial charge in [0.1, 0.15) is 5.75 Å². The number of methoxy groups -OCH3 is 1. The lowest BCUT2D eigenvalue weighted by Crippen LogP contribution is -2.45. The monoisotopic (exact) mass is 493 g/mol. The Hall–Kier alpha value is -2.17. The summed E-state index contributed by atoms with van der Waals surface area (Å²) in [6.45, 7) is 6.09. The summed E-state index contributed by atoms with van der Waals surface area (Å²) < 4.78 is 38.1. The maximum atomic E-state index is 13.1. The lowest BCUT2D eigenvalue weighted by atomic mass is 9.77. The summed E-state index contributed by atoms with van der Waals surface area (Å²) in [4.78, 5) is 27.9. The number of carbonyl (C=O) groups is 2. The molecule has 0 unspecified atom stereocenters. The highest BCUT2D eigenvalue weighted by Crippen LogP contribution is 2.36. The van der Waals surface area contributed by atoms with Gasteiger partial charge in [-0.3, -0.25) is 9.59 Å². The Morgan fingerprint density at radius 1 is 1.18 bits per heavy atom. The molecule has 2 aliphatic heterocycles. The number of morpholine rings is 1. The van der Waals surface area contributed by atoms with Crippen molar-refractivity contribution in [3.63, 3.8) is 0 Å². The summed E-state index contributed by atoms with van der Waals surface area (Å²) in [6.07, 6.45) is 3.41. The van der Waals surface area contributed by atoms with Crippen LogP contribution in [0.1, 0.15) is 39.5 Å². The number of carbonyl (C=O) groups excluding carboxylic acids is 2. The summed E-state index contributed by atoms with van der Waals surface area (Å²) >= 11 is 0. The average Bonchev–Trinajstić information content (AvgIpc) is 3.23. The number of nitrogens with zero attached hydrogens (tertiary/aromatic N) is 2. The van der Waals surface area contributed by atoms with E-state index in [1.165, 1.54) is 30.0 Å². The van der Waals surface area contributed by atoms with E-state index in [1.54, 1.807) is 6.07 Å². The van der Waals surface area contributed by atoms with Gasteiger partial charge in [-0.25, -0.2) is 8.42 Å². The van der Waals surface area contributed by atoms with Crippen molar-refractivity contribution in [1.29, 1.82) is 0 Å². The molecule has 4 rings (SSSR count). The van der Waals surface area contributed by atoms with Crippen molar-refractivity contribution in [3.8, 4) is 5.75 Å². The lowest BCUT2D eigenvalue weighted by molar-refractivity contribution is -0.131. The van der Waals surface area contributed by atoms with E-state index in [4.69, 9.17) is 9.47 Å². The third-order valence-electron chi connectivity index (χ3n) is 7.63. The quantitative estimate of drug-likeness (QED) is 0.652. The van der Waals surface area contributed by atoms with E-state index >= 15 is 0 Å². The highest BCUT2D eigenvalue weighted by molar-refractivity contribution is 7.89. The SMILES string of the molecule is COc1ccc(S(=O)(=O)N2CCOCC2)cc1NC(=O)[C@@H]1CC(=O)N([C@@H]2CCC[C@@H](C)[C@@H]2C)C1. The fraction of sp³-hybridized carbons (Fsp3) is 0.667. The minimum Gasteiger partial charge on any atom is -0.495 e. The van der Waals surface area contributed by atoms with Crippen LogP contribution in [0.25, 0.3) is 0 Å². The van der Waals surface area contributed by atoms with Crippen molar-refractivity contribution in [3.05, 3.63) is 18.2 Å². The standard InChI is InChI=1S/C24H35N3O6S/c1-16-5-4-6-21(17(16)2)27-15-18(13-23(27)28)24(29)25-20-14-19(7-8-22(20)32-3)34(30,31)26-9-11-33-12-10-26/h7-8,14,16-18,21H,4-6,9-13,15H2,1-3H3,(H,25,29)/t16-,17+,18-,21-/m1/s1. The van der Waals surface area contributed by atoms with Crippen LogP contribution in [0.2, 0.25) is 0 Å². The van der Waals surface area contributed by atoms with Gasteiger partial charge in [0, 0.05) is 32.1 Å². The van der Waals surface area contributed by atoms with Crippen LogP contribution in [-0.4, -0.2) is 75.4 Å². The van der Waals surface area contributed by atoms with Crippen molar-refractivity contribution in [2.45, 2.75) is 50.5 Å². The molecule has 10 heteroatoms. The molecule has 9 nitrogen and oxygen atoms in total. The molecule has 3 fully saturated rings. The van der Waals surface area contributed by atoms with Gasteiger partial charge in [-0.1, -0.05) is 26.7 Å². The number of rotatable bonds is 6. The number of sulfonamides is 1. The van der Waals surface area contributed by atoms with Crippen molar-refractivity contribution >= 4 is 27.5 Å². The van der Waals surface area contributed by atoms with Crippen LogP contribution in [0.4, 0.5) is 5.69 Å². The van der Waals surface area contributed by atoms with Gasteiger partial charge in [0.15, 0.2) is 0 Å². The second-order valence-corrected chi connectivity index (χ2v) is 11.6. The summed E-state index contributed by atoms with van der Waals surface area (Å²) in [5.41, 5.74) is 0.285. The number of hydrogen-bond acceptors (Lipinski definition) is 6. The Labute approximate surface area is 201 Å². The summed E-state index contributed by atoms with van der Waals surface area (Å²) in [6, 6.07) is 4.62. The van der Waals surface area contributed by atoms with Gasteiger partial charge in [-0.2, -0.15) is 4.31 Å². The Morgan fingerprint density at radius 3 is 2.62 bits per heavy atom. The number of nitrogens with one attached hydrogen (secondary N) is 1. The third-order valence-corrected chi connectivity index (χ3v) is 9.52. The first-order chi connectivity index (χ1) is 16.2. The van der Waals surface area contributed by atoms with Gasteiger partial charge >= 0.3 is 0 Å². The highest BCUT2D eigenvalue weighted by atomic mass is 32.2. The molecule has 1 aromatic carbocycles. The molecule has 2 heterocycles. The van der Waals surface area contributed by atoms with E-state index in [2.05, 4.69) is 19.2 Å². The van der Waals surface area contributed by atoms with Gasteiger partial charge in [-0.15, -0.1) is 0 Å². The molecule has 0 spiro atoms. The van der Waals surface area contributed by atoms with Crippen LogP contribution in [-0.2, 0) is 24.3 Å². The van der Waals surface area contributed by atoms with Crippen molar-refractivity contribution in [2.75, 3.05) is 45.3 Å². The van der Waals surface area contributed by atoms with Gasteiger partial charge in [0.05, 0.1) is 36.8 Å². The van der Waals surface area contributed by atoms with E-state index in [0.29, 0.717) is 37.3 Å². The van der Waals surface area contributed by atoms with Crippen molar-refractivity contribution in [2.24, 2.45) is 17.8 Å². The molecule has 0 bridgehead atoms. The topological polar surface area (TPSA) is 105 Å². The van der Waals surface area contributed by atoms with Crippen LogP contribution in [0.15, 0.2) is 23.1 Å². The smallest absolute Gasteiger partial charge is 0.243 e. The van der Waals surface area contributed by atoms with Crippen LogP contribution in [0.3, 0.4) is 0 Å². The van der Waals surface area contributed by atoms with Crippen LogP contribution in [0, 0.1) is 17.8 Å². The summed E-state index contributed by atoms with van der Waals surface area (Å²) in [5.74, 6) is 0.557. The Morgan fingerprint density at radius 2 is 1.91 bits per heavy atom. The maximum absolute atomic E-state index is 13.1. The molecule has 0 radical (unpaired) electrons. The molecule has 1 aliphatic carbocycles. The minimum absolute atomic E-state index is 0.0155. The van der Waals surface area contributed by atoms with E-state index in [1.807, 2.05) is 4.90 Å². The number of amides is 2. The molecule has 1 saturated carbocycles. The molecule has 3 aliphatic rings. The summed E-state index contributed by atoms with van der Waals surface area (Å²) in [5, 5.41) is 2.83. The molecular formula is C24H35N3O6S. The fourth-order valence-corrected chi connectivity index (χ4v) is 6.77. The molecular weight excluding hydrogens is 458 g/mol. The Bertz CT molecular complexity index is 1020. The number of likely N-dealkylation sites (tertiary alicyclic amines) is 1. The van der Waals surface area contributed by atoms with Crippen LogP contribution in [0.5, 0.6) is 5.75 Å². The zero-order valence-corrected chi connectivity index (χ0v) is 21.0. The zero-order chi connectivity index (χ0) is 24.5. The van der Waals surface area contributed by atoms with Gasteiger partial charge in [0.25, 0.3) is 0 Å². The number of benzene rings is 1. The molecule has 2 amide bonds. The second kappa shape index (κ2) is 10.2. The lowest BCUT2D eigenvalue weighted by Gasteiger charge is -2.40. The molecule has 2 saturated heterocycles. The van der Waals surface area contributed by atoms with Crippen molar-refractivity contribution < 1.29 is 27.5 Å². The summed E-state index contributed by atoms with van der Waals surface area (Å²) in [7, 11) is -2.26. The van der Waals surface area contributed by atoms with E-state index in [0.717, 1.165) is 12.8 Å². The van der Waals surface area contributed by atoms with Gasteiger partial charge in [-0.05, 0) is 36.5 Å². The predicted octanol–water partition coefficient (Wildman–Crippen LogP) is 2.33. The minimum atomic E-state index is -3.72. The third kappa shape index (κ3) is 4.94. The van der Waals surface area contributed by atoms with Crippen molar-refractivity contribution in [1.82, 2.24) is 9.21 Å². The maximum Gasteiger partial charge on any atom is 0.243 e. The van der Waals surface area contributed by atoms with Gasteiger partial charge in [0.2, 0.25) is 21.8 Å². The Balaban J connectivity index is 1.49. The van der Waals surface area contributed by atoms with Crippen LogP contribution < -0.4 is 10.1 Å². The normalized spacial score (nSPS) is 28.7. The number of anilines is 1. The largest absolute Gasteiger partial charge is 0.495 e. The molecule has 1 aromatic rings. The number of hydrogen-bond donors (Lipinski definition) is 1. The molecule has 34 heavy (non-hydrogen) atoms. The molecule has 1 N–H and O–H groups in total. The van der Waals surface area contributed by atoms with Gasteiger partial charge < -0.3 is 19.7 Å². The van der Waals surface area contributed by atoms with Crippen LogP contribution >= 0.6 is 0 Å². The number of ether oxygens (including phenoxy) is 2. The fourth-order valence-electron chi connectivity index (χ4n) is 5.34. The van der Waals surface area contributed by atoms with E-state index < -0.39 is 15.9 Å². The first-order valence-electron chi connectivity index (χ1n) is 12.1. The Kier molecular flexibility index (Phi) is 7.49. The zero-order valence-electron chi connectivity index (χ0n) is 20.2. The van der Waals surface area contributed by atoms with E-state index in [9.17, 15) is 18.0 Å². The first-order valence-corrected chi connectivity index (χ1v) is 13.5. The molecule has 0 aromatic heterocycles. The second-order valence-electron chi connectivity index (χ2n) is 9.65. The van der Waals surface area contributed by atoms with E-state index in [-0.39, 0.29) is 47.9 Å². The highest BCUT2D eigenvalue weighted by Gasteiger charge is 2.41. The average molecular weight is 494 g/mol. The first kappa shape index (κ1) is 24.9. The predicted molar refractivity (Wildman–Crippen MR) is 127 cm³/mol. The molecule has 188 valence electrons. The molecule has 4 atom stereocenters.